The molecule has 92 valence electrons. The number of β-amino-alcohol motifs (C(OH)–C–C–N with tert-alkyl or cyclic N) is 2. The lowest BCUT2D eigenvalue weighted by molar-refractivity contribution is 0.0572. The van der Waals surface area contributed by atoms with Crippen molar-refractivity contribution in [2.24, 2.45) is 0 Å². The van der Waals surface area contributed by atoms with E-state index in [0.717, 1.165) is 18.7 Å². The van der Waals surface area contributed by atoms with Crippen LogP contribution in [-0.4, -0.2) is 45.5 Å². The number of nitrogens with zero attached hydrogens (tertiary/aromatic N) is 3. The van der Waals surface area contributed by atoms with Crippen LogP contribution >= 0.6 is 0 Å². The van der Waals surface area contributed by atoms with Gasteiger partial charge in [0.15, 0.2) is 0 Å². The second-order valence-corrected chi connectivity index (χ2v) is 4.82. The van der Waals surface area contributed by atoms with Crippen molar-refractivity contribution in [3.63, 3.8) is 0 Å². The number of nitrogens with two attached hydrogens (primary N) is 1. The molecule has 0 bridgehead atoms. The zero-order valence-corrected chi connectivity index (χ0v) is 9.45. The van der Waals surface area contributed by atoms with Crippen molar-refractivity contribution >= 4 is 11.6 Å². The first-order chi connectivity index (χ1) is 8.13. The maximum atomic E-state index is 9.52. The quantitative estimate of drug-likeness (QED) is 0.639. The van der Waals surface area contributed by atoms with Crippen molar-refractivity contribution in [2.75, 3.05) is 23.7 Å². The Morgan fingerprint density at radius 2 is 1.82 bits per heavy atom. The fraction of sp³-hybridized carbons (Fsp3) is 0.636. The summed E-state index contributed by atoms with van der Waals surface area (Å²) in [6.45, 7) is 0.781. The van der Waals surface area contributed by atoms with Gasteiger partial charge < -0.3 is 20.8 Å². The summed E-state index contributed by atoms with van der Waals surface area (Å²) in [5.41, 5.74) is 5.76. The third kappa shape index (κ3) is 2.05. The van der Waals surface area contributed by atoms with Crippen LogP contribution in [0.1, 0.15) is 24.6 Å². The van der Waals surface area contributed by atoms with Crippen LogP contribution < -0.4 is 10.6 Å². The van der Waals surface area contributed by atoms with Gasteiger partial charge in [-0.15, -0.1) is 0 Å². The number of hydrogen-bond donors (Lipinski definition) is 3. The number of rotatable bonds is 2. The Morgan fingerprint density at radius 3 is 2.41 bits per heavy atom. The third-order valence-electron chi connectivity index (χ3n) is 3.28. The fourth-order valence-corrected chi connectivity index (χ4v) is 2.11. The highest BCUT2D eigenvalue weighted by atomic mass is 16.3. The minimum Gasteiger partial charge on any atom is -0.389 e. The van der Waals surface area contributed by atoms with Crippen LogP contribution in [0.15, 0.2) is 6.07 Å². The highest BCUT2D eigenvalue weighted by molar-refractivity contribution is 5.48. The van der Waals surface area contributed by atoms with Gasteiger partial charge in [-0.05, 0) is 12.8 Å². The summed E-state index contributed by atoms with van der Waals surface area (Å²) < 4.78 is 0. The van der Waals surface area contributed by atoms with E-state index < -0.39 is 12.2 Å². The lowest BCUT2D eigenvalue weighted by atomic mass is 10.3. The predicted molar refractivity (Wildman–Crippen MR) is 62.6 cm³/mol. The summed E-state index contributed by atoms with van der Waals surface area (Å²) in [6, 6.07) is 1.69. The van der Waals surface area contributed by atoms with Crippen LogP contribution in [0.25, 0.3) is 0 Å². The zero-order chi connectivity index (χ0) is 12.0. The lowest BCUT2D eigenvalue weighted by Crippen LogP contribution is -2.23. The zero-order valence-electron chi connectivity index (χ0n) is 9.45. The van der Waals surface area contributed by atoms with Gasteiger partial charge in [-0.2, -0.15) is 0 Å². The molecular weight excluding hydrogens is 220 g/mol. The normalized spacial score (nSPS) is 28.7. The minimum absolute atomic E-state index is 0.391. The Balaban J connectivity index is 1.87. The van der Waals surface area contributed by atoms with Crippen molar-refractivity contribution < 1.29 is 10.2 Å². The summed E-state index contributed by atoms with van der Waals surface area (Å²) >= 11 is 0. The molecule has 1 saturated carbocycles. The molecule has 1 aromatic rings. The molecule has 4 N–H and O–H groups in total. The molecule has 1 aromatic heterocycles. The second-order valence-electron chi connectivity index (χ2n) is 4.82. The smallest absolute Gasteiger partial charge is 0.136 e. The molecule has 3 rings (SSSR count). The highest BCUT2D eigenvalue weighted by Gasteiger charge is 2.32. The van der Waals surface area contributed by atoms with Gasteiger partial charge in [0.1, 0.15) is 17.5 Å². The standard InChI is InChI=1S/C11H16N4O2/c12-9-3-10(14-11(13-9)6-1-2-6)15-4-7(16)8(17)5-15/h3,6-8,16-17H,1-2,4-5H2,(H2,12,13,14). The predicted octanol–water partition coefficient (Wildman–Crippen LogP) is -0.522. The van der Waals surface area contributed by atoms with Crippen LogP contribution in [0, 0.1) is 0 Å². The highest BCUT2D eigenvalue weighted by Crippen LogP contribution is 2.39. The molecule has 1 aliphatic heterocycles. The first-order valence-electron chi connectivity index (χ1n) is 5.89. The summed E-state index contributed by atoms with van der Waals surface area (Å²) in [4.78, 5) is 10.5. The molecule has 2 heterocycles. The fourth-order valence-electron chi connectivity index (χ4n) is 2.11. The van der Waals surface area contributed by atoms with Crippen molar-refractivity contribution in [3.8, 4) is 0 Å². The molecule has 0 spiro atoms. The van der Waals surface area contributed by atoms with E-state index in [1.807, 2.05) is 4.90 Å². The average Bonchev–Trinajstić information content (AvgIpc) is 3.06. The van der Waals surface area contributed by atoms with E-state index in [-0.39, 0.29) is 0 Å². The molecular formula is C11H16N4O2. The van der Waals surface area contributed by atoms with E-state index in [1.54, 1.807) is 6.07 Å². The number of aliphatic hydroxyl groups is 2. The number of aliphatic hydroxyl groups excluding tert-OH is 2. The first-order valence-corrected chi connectivity index (χ1v) is 5.89. The minimum atomic E-state index is -0.712. The summed E-state index contributed by atoms with van der Waals surface area (Å²) in [7, 11) is 0. The van der Waals surface area contributed by atoms with E-state index >= 15 is 0 Å². The molecule has 2 atom stereocenters. The van der Waals surface area contributed by atoms with E-state index in [1.165, 1.54) is 0 Å². The SMILES string of the molecule is Nc1cc(N2CC(O)C(O)C2)nc(C2CC2)n1. The van der Waals surface area contributed by atoms with Gasteiger partial charge in [0, 0.05) is 25.1 Å². The molecule has 0 amide bonds. The molecule has 0 radical (unpaired) electrons. The van der Waals surface area contributed by atoms with Gasteiger partial charge in [0.05, 0.1) is 12.2 Å². The molecule has 1 saturated heterocycles. The van der Waals surface area contributed by atoms with Gasteiger partial charge in [-0.1, -0.05) is 0 Å². The molecule has 2 aliphatic rings. The topological polar surface area (TPSA) is 95.5 Å². The van der Waals surface area contributed by atoms with Crippen molar-refractivity contribution in [1.82, 2.24) is 9.97 Å². The molecule has 2 unspecified atom stereocenters. The molecule has 0 aromatic carbocycles. The van der Waals surface area contributed by atoms with Crippen LogP contribution in [-0.2, 0) is 0 Å². The van der Waals surface area contributed by atoms with E-state index in [4.69, 9.17) is 5.73 Å². The summed E-state index contributed by atoms with van der Waals surface area (Å²) in [6.07, 6.45) is 0.813. The van der Waals surface area contributed by atoms with E-state index in [2.05, 4.69) is 9.97 Å². The molecule has 17 heavy (non-hydrogen) atoms. The van der Waals surface area contributed by atoms with Crippen LogP contribution in [0.2, 0.25) is 0 Å². The largest absolute Gasteiger partial charge is 0.389 e. The van der Waals surface area contributed by atoms with Gasteiger partial charge in [-0.25, -0.2) is 9.97 Å². The number of hydrogen-bond acceptors (Lipinski definition) is 6. The van der Waals surface area contributed by atoms with Crippen LogP contribution in [0.3, 0.4) is 0 Å². The lowest BCUT2D eigenvalue weighted by Gasteiger charge is -2.17. The van der Waals surface area contributed by atoms with Gasteiger partial charge >= 0.3 is 0 Å². The molecule has 6 nitrogen and oxygen atoms in total. The second kappa shape index (κ2) is 3.82. The summed E-state index contributed by atoms with van der Waals surface area (Å²) in [5, 5.41) is 19.0. The van der Waals surface area contributed by atoms with Gasteiger partial charge in [0.2, 0.25) is 0 Å². The number of anilines is 2. The Hall–Kier alpha value is -1.40. The van der Waals surface area contributed by atoms with Crippen LogP contribution in [0.4, 0.5) is 11.6 Å². The molecule has 2 fully saturated rings. The third-order valence-corrected chi connectivity index (χ3v) is 3.28. The van der Waals surface area contributed by atoms with Crippen molar-refractivity contribution in [2.45, 2.75) is 31.0 Å². The Kier molecular flexibility index (Phi) is 2.41. The van der Waals surface area contributed by atoms with E-state index in [0.29, 0.717) is 30.6 Å². The van der Waals surface area contributed by atoms with Gasteiger partial charge in [-0.3, -0.25) is 0 Å². The van der Waals surface area contributed by atoms with E-state index in [9.17, 15) is 10.2 Å². The Bertz CT molecular complexity index is 425. The average molecular weight is 236 g/mol. The Labute approximate surface area is 99.1 Å². The maximum Gasteiger partial charge on any atom is 0.136 e. The van der Waals surface area contributed by atoms with Crippen molar-refractivity contribution in [1.29, 1.82) is 0 Å². The maximum absolute atomic E-state index is 9.52. The molecule has 6 heteroatoms. The van der Waals surface area contributed by atoms with Crippen LogP contribution in [0.5, 0.6) is 0 Å². The molecule has 1 aliphatic carbocycles. The monoisotopic (exact) mass is 236 g/mol. The first kappa shape index (κ1) is 10.7. The van der Waals surface area contributed by atoms with Crippen molar-refractivity contribution in [3.05, 3.63) is 11.9 Å². The number of nitrogen functional groups attached to an aromatic ring is 1. The summed E-state index contributed by atoms with van der Waals surface area (Å²) in [5.74, 6) is 2.38. The Morgan fingerprint density at radius 1 is 1.18 bits per heavy atom. The number of aromatic nitrogens is 2. The van der Waals surface area contributed by atoms with Gasteiger partial charge in [0.25, 0.3) is 0 Å².